The van der Waals surface area contributed by atoms with Crippen molar-refractivity contribution < 1.29 is 14.3 Å². The van der Waals surface area contributed by atoms with Gasteiger partial charge in [0.15, 0.2) is 0 Å². The first-order chi connectivity index (χ1) is 11.5. The van der Waals surface area contributed by atoms with E-state index in [1.165, 1.54) is 12.8 Å². The fraction of sp³-hybridized carbons (Fsp3) is 0.684. The lowest BCUT2D eigenvalue weighted by Crippen LogP contribution is -2.32. The average molecular weight is 334 g/mol. The van der Waals surface area contributed by atoms with Crippen molar-refractivity contribution in [3.63, 3.8) is 0 Å². The molecule has 24 heavy (non-hydrogen) atoms. The molecule has 2 heterocycles. The van der Waals surface area contributed by atoms with Crippen molar-refractivity contribution in [3.8, 4) is 0 Å². The van der Waals surface area contributed by atoms with Gasteiger partial charge in [-0.3, -0.25) is 4.79 Å². The predicted octanol–water partition coefficient (Wildman–Crippen LogP) is 3.15. The lowest BCUT2D eigenvalue weighted by molar-refractivity contribution is -0.131. The zero-order chi connectivity index (χ0) is 17.7. The Kier molecular flexibility index (Phi) is 6.46. The van der Waals surface area contributed by atoms with E-state index in [-0.39, 0.29) is 11.9 Å². The van der Waals surface area contributed by atoms with Gasteiger partial charge in [-0.25, -0.2) is 4.79 Å². The molecule has 0 unspecified atom stereocenters. The molecule has 0 bridgehead atoms. The van der Waals surface area contributed by atoms with Crippen LogP contribution in [-0.2, 0) is 23.0 Å². The van der Waals surface area contributed by atoms with Crippen LogP contribution in [0.1, 0.15) is 66.3 Å². The molecule has 0 N–H and O–H groups in total. The number of nitrogens with zero attached hydrogens (tertiary/aromatic N) is 2. The molecular weight excluding hydrogens is 304 g/mol. The number of amides is 1. The maximum atomic E-state index is 12.5. The van der Waals surface area contributed by atoms with Gasteiger partial charge in [-0.2, -0.15) is 0 Å². The topological polar surface area (TPSA) is 51.5 Å². The summed E-state index contributed by atoms with van der Waals surface area (Å²) in [5.41, 5.74) is 3.55. The molecular formula is C19H30N2O3. The second kappa shape index (κ2) is 8.36. The Bertz CT molecular complexity index is 596. The number of carbonyl (C=O) groups excluding carboxylic acids is 2. The van der Waals surface area contributed by atoms with Crippen LogP contribution in [0.25, 0.3) is 0 Å². The molecule has 134 valence electrons. The molecule has 0 aromatic carbocycles. The van der Waals surface area contributed by atoms with Crippen molar-refractivity contribution >= 4 is 11.9 Å². The number of carbonyl (C=O) groups is 2. The summed E-state index contributed by atoms with van der Waals surface area (Å²) in [6, 6.07) is 0. The number of hydrogen-bond donors (Lipinski definition) is 0. The summed E-state index contributed by atoms with van der Waals surface area (Å²) >= 11 is 0. The first-order valence-corrected chi connectivity index (χ1v) is 9.07. The first-order valence-electron chi connectivity index (χ1n) is 9.07. The fourth-order valence-electron chi connectivity index (χ4n) is 3.60. The molecule has 5 nitrogen and oxygen atoms in total. The van der Waals surface area contributed by atoms with E-state index in [2.05, 4.69) is 0 Å². The van der Waals surface area contributed by atoms with E-state index in [9.17, 15) is 9.59 Å². The first kappa shape index (κ1) is 18.6. The van der Waals surface area contributed by atoms with Gasteiger partial charge in [-0.15, -0.1) is 0 Å². The second-order valence-electron chi connectivity index (χ2n) is 6.61. The Morgan fingerprint density at radius 1 is 1.08 bits per heavy atom. The lowest BCUT2D eigenvalue weighted by atomic mass is 10.1. The molecule has 0 saturated carbocycles. The lowest BCUT2D eigenvalue weighted by Gasteiger charge is -2.20. The monoisotopic (exact) mass is 334 g/mol. The number of ether oxygens (including phenoxy) is 1. The highest BCUT2D eigenvalue weighted by Gasteiger charge is 2.23. The van der Waals surface area contributed by atoms with E-state index >= 15 is 0 Å². The molecule has 0 atom stereocenters. The normalized spacial score (nSPS) is 15.2. The van der Waals surface area contributed by atoms with Gasteiger partial charge in [0.05, 0.1) is 12.2 Å². The molecule has 1 amide bonds. The zero-order valence-corrected chi connectivity index (χ0v) is 15.5. The Balaban J connectivity index is 2.08. The predicted molar refractivity (Wildman–Crippen MR) is 94.2 cm³/mol. The van der Waals surface area contributed by atoms with E-state index < -0.39 is 0 Å². The van der Waals surface area contributed by atoms with Crippen LogP contribution in [0.5, 0.6) is 0 Å². The van der Waals surface area contributed by atoms with Crippen LogP contribution < -0.4 is 0 Å². The summed E-state index contributed by atoms with van der Waals surface area (Å²) < 4.78 is 7.19. The number of likely N-dealkylation sites (tertiary alicyclic amines) is 1. The molecule has 1 aliphatic heterocycles. The van der Waals surface area contributed by atoms with E-state index in [1.54, 1.807) is 0 Å². The number of aromatic nitrogens is 1. The van der Waals surface area contributed by atoms with Crippen LogP contribution in [0.4, 0.5) is 0 Å². The fourth-order valence-corrected chi connectivity index (χ4v) is 3.60. The maximum absolute atomic E-state index is 12.5. The summed E-state index contributed by atoms with van der Waals surface area (Å²) in [7, 11) is 1.96. The van der Waals surface area contributed by atoms with Crippen molar-refractivity contribution in [1.82, 2.24) is 9.47 Å². The minimum atomic E-state index is -0.270. The van der Waals surface area contributed by atoms with E-state index in [1.807, 2.05) is 37.3 Å². The van der Waals surface area contributed by atoms with Crippen LogP contribution in [0.15, 0.2) is 0 Å². The minimum absolute atomic E-state index is 0.229. The van der Waals surface area contributed by atoms with E-state index in [4.69, 9.17) is 4.74 Å². The van der Waals surface area contributed by atoms with Gasteiger partial charge in [0.2, 0.25) is 5.91 Å². The molecule has 1 aromatic heterocycles. The highest BCUT2D eigenvalue weighted by atomic mass is 16.5. The third-order valence-corrected chi connectivity index (χ3v) is 5.09. The van der Waals surface area contributed by atoms with Gasteiger partial charge in [0, 0.05) is 37.9 Å². The third-order valence-electron chi connectivity index (χ3n) is 5.09. The number of hydrogen-bond acceptors (Lipinski definition) is 3. The SMILES string of the molecule is CCOC(=O)c1c(C)c(CCC(=O)N2CCCCCC2)n(C)c1C. The molecule has 0 aliphatic carbocycles. The molecule has 2 rings (SSSR count). The van der Waals surface area contributed by atoms with Crippen LogP contribution in [0.2, 0.25) is 0 Å². The Morgan fingerprint density at radius 2 is 1.71 bits per heavy atom. The molecule has 0 spiro atoms. The number of esters is 1. The third kappa shape index (κ3) is 4.00. The highest BCUT2D eigenvalue weighted by molar-refractivity contribution is 5.93. The van der Waals surface area contributed by atoms with E-state index in [0.717, 1.165) is 42.9 Å². The van der Waals surface area contributed by atoms with Crippen molar-refractivity contribution in [3.05, 3.63) is 22.5 Å². The van der Waals surface area contributed by atoms with Crippen LogP contribution in [-0.4, -0.2) is 41.0 Å². The number of rotatable bonds is 5. The smallest absolute Gasteiger partial charge is 0.340 e. The largest absolute Gasteiger partial charge is 0.462 e. The summed E-state index contributed by atoms with van der Waals surface area (Å²) in [4.78, 5) is 26.7. The summed E-state index contributed by atoms with van der Waals surface area (Å²) in [5, 5.41) is 0. The maximum Gasteiger partial charge on any atom is 0.340 e. The van der Waals surface area contributed by atoms with Crippen molar-refractivity contribution in [2.75, 3.05) is 19.7 Å². The van der Waals surface area contributed by atoms with Gasteiger partial charge >= 0.3 is 5.97 Å². The van der Waals surface area contributed by atoms with Crippen LogP contribution in [0, 0.1) is 13.8 Å². The van der Waals surface area contributed by atoms with Gasteiger partial charge < -0.3 is 14.2 Å². The van der Waals surface area contributed by atoms with Crippen molar-refractivity contribution in [2.45, 2.75) is 59.3 Å². The summed E-state index contributed by atoms with van der Waals surface area (Å²) in [6.07, 6.45) is 5.84. The minimum Gasteiger partial charge on any atom is -0.462 e. The zero-order valence-electron chi connectivity index (χ0n) is 15.5. The quantitative estimate of drug-likeness (QED) is 0.777. The van der Waals surface area contributed by atoms with Crippen molar-refractivity contribution in [1.29, 1.82) is 0 Å². The molecule has 5 heteroatoms. The van der Waals surface area contributed by atoms with Gasteiger partial charge in [-0.05, 0) is 45.6 Å². The van der Waals surface area contributed by atoms with Gasteiger partial charge in [0.25, 0.3) is 0 Å². The Labute approximate surface area is 145 Å². The average Bonchev–Trinajstić information content (AvgIpc) is 2.76. The molecule has 1 saturated heterocycles. The molecule has 0 radical (unpaired) electrons. The standard InChI is InChI=1S/C19H30N2O3/c1-5-24-19(23)18-14(2)16(20(4)15(18)3)10-11-17(22)21-12-8-6-7-9-13-21/h5-13H2,1-4H3. The van der Waals surface area contributed by atoms with Crippen LogP contribution in [0.3, 0.4) is 0 Å². The second-order valence-corrected chi connectivity index (χ2v) is 6.61. The van der Waals surface area contributed by atoms with Crippen LogP contribution >= 0.6 is 0 Å². The Hall–Kier alpha value is -1.78. The Morgan fingerprint density at radius 3 is 2.29 bits per heavy atom. The van der Waals surface area contributed by atoms with Gasteiger partial charge in [0.1, 0.15) is 0 Å². The molecule has 1 aliphatic rings. The molecule has 1 aromatic rings. The van der Waals surface area contributed by atoms with Crippen molar-refractivity contribution in [2.24, 2.45) is 7.05 Å². The van der Waals surface area contributed by atoms with Gasteiger partial charge in [-0.1, -0.05) is 12.8 Å². The molecule has 1 fully saturated rings. The van der Waals surface area contributed by atoms with E-state index in [0.29, 0.717) is 25.0 Å². The summed E-state index contributed by atoms with van der Waals surface area (Å²) in [5.74, 6) is -0.0407. The summed E-state index contributed by atoms with van der Waals surface area (Å²) in [6.45, 7) is 7.84. The highest BCUT2D eigenvalue weighted by Crippen LogP contribution is 2.23.